The fraction of sp³-hybridized carbons (Fsp3) is 0.276. The van der Waals surface area contributed by atoms with E-state index in [1.165, 1.54) is 11.1 Å². The van der Waals surface area contributed by atoms with Crippen molar-refractivity contribution in [1.29, 1.82) is 0 Å². The number of ether oxygens (including phenoxy) is 2. The van der Waals surface area contributed by atoms with Gasteiger partial charge in [-0.15, -0.1) is 11.8 Å². The van der Waals surface area contributed by atoms with Crippen LogP contribution in [-0.4, -0.2) is 47.0 Å². The van der Waals surface area contributed by atoms with Crippen molar-refractivity contribution in [3.05, 3.63) is 89.5 Å². The van der Waals surface area contributed by atoms with E-state index in [2.05, 4.69) is 34.3 Å². The number of benzene rings is 3. The lowest BCUT2D eigenvalue weighted by atomic mass is 10.1. The third-order valence-electron chi connectivity index (χ3n) is 5.85. The van der Waals surface area contributed by atoms with Crippen molar-refractivity contribution in [3.63, 3.8) is 0 Å². The number of hydrogen-bond acceptors (Lipinski definition) is 7. The standard InChI is InChI=1S/C29H31N3O4S2/c1-3-35-27(33)25(18-21-10-5-4-6-11-21)32-29(34)36-16-17-37-26-15-9-12-22(20(26)2)19-38-28-30-23-13-7-8-14-24(23)31-28/h4-15,25H,3,16-19H2,1-2H3,(H,30,31)(H,32,34). The van der Waals surface area contributed by atoms with Crippen LogP contribution in [0.2, 0.25) is 0 Å². The predicted octanol–water partition coefficient (Wildman–Crippen LogP) is 6.16. The van der Waals surface area contributed by atoms with Gasteiger partial charge in [-0.1, -0.05) is 66.4 Å². The average Bonchev–Trinajstić information content (AvgIpc) is 3.35. The van der Waals surface area contributed by atoms with Gasteiger partial charge in [0.05, 0.1) is 17.6 Å². The maximum absolute atomic E-state index is 12.4. The number of thioether (sulfide) groups is 2. The molecular formula is C29H31N3O4S2. The van der Waals surface area contributed by atoms with Gasteiger partial charge in [-0.25, -0.2) is 14.6 Å². The van der Waals surface area contributed by atoms with E-state index in [1.54, 1.807) is 30.4 Å². The summed E-state index contributed by atoms with van der Waals surface area (Å²) in [5.74, 6) is 0.919. The number of aromatic nitrogens is 2. The van der Waals surface area contributed by atoms with E-state index in [0.717, 1.165) is 32.4 Å². The van der Waals surface area contributed by atoms with E-state index in [9.17, 15) is 9.59 Å². The third kappa shape index (κ3) is 7.79. The van der Waals surface area contributed by atoms with Crippen LogP contribution in [0.15, 0.2) is 82.8 Å². The second-order valence-electron chi connectivity index (χ2n) is 8.51. The minimum absolute atomic E-state index is 0.217. The second-order valence-corrected chi connectivity index (χ2v) is 10.6. The Hall–Kier alpha value is -3.43. The molecule has 38 heavy (non-hydrogen) atoms. The Morgan fingerprint density at radius 3 is 2.55 bits per heavy atom. The average molecular weight is 550 g/mol. The number of alkyl carbamates (subject to hydrolysis) is 1. The van der Waals surface area contributed by atoms with Crippen molar-refractivity contribution in [2.24, 2.45) is 0 Å². The van der Waals surface area contributed by atoms with Gasteiger partial charge in [0.1, 0.15) is 12.6 Å². The molecule has 4 rings (SSSR count). The molecule has 1 heterocycles. The number of hydrogen-bond donors (Lipinski definition) is 2. The van der Waals surface area contributed by atoms with Crippen LogP contribution in [0.25, 0.3) is 11.0 Å². The molecule has 3 aromatic carbocycles. The normalized spacial score (nSPS) is 11.7. The zero-order chi connectivity index (χ0) is 26.7. The quantitative estimate of drug-likeness (QED) is 0.124. The summed E-state index contributed by atoms with van der Waals surface area (Å²) >= 11 is 3.31. The molecular weight excluding hydrogens is 518 g/mol. The lowest BCUT2D eigenvalue weighted by Gasteiger charge is -2.17. The van der Waals surface area contributed by atoms with E-state index in [-0.39, 0.29) is 13.2 Å². The summed E-state index contributed by atoms with van der Waals surface area (Å²) in [6, 6.07) is 22.9. The molecule has 0 aliphatic heterocycles. The predicted molar refractivity (Wildman–Crippen MR) is 153 cm³/mol. The molecule has 0 spiro atoms. The van der Waals surface area contributed by atoms with Crippen LogP contribution in [0.1, 0.15) is 23.6 Å². The minimum Gasteiger partial charge on any atom is -0.464 e. The van der Waals surface area contributed by atoms with Crippen molar-refractivity contribution in [2.45, 2.75) is 42.1 Å². The van der Waals surface area contributed by atoms with E-state index in [4.69, 9.17) is 9.47 Å². The number of para-hydroxylation sites is 2. The topological polar surface area (TPSA) is 93.3 Å². The molecule has 4 aromatic rings. The molecule has 1 amide bonds. The zero-order valence-corrected chi connectivity index (χ0v) is 23.1. The maximum Gasteiger partial charge on any atom is 0.407 e. The number of rotatable bonds is 12. The van der Waals surface area contributed by atoms with E-state index < -0.39 is 18.1 Å². The molecule has 1 atom stereocenters. The van der Waals surface area contributed by atoms with E-state index in [1.807, 2.05) is 60.7 Å². The summed E-state index contributed by atoms with van der Waals surface area (Å²) < 4.78 is 10.5. The summed E-state index contributed by atoms with van der Waals surface area (Å²) in [6.07, 6.45) is -0.297. The van der Waals surface area contributed by atoms with Crippen molar-refractivity contribution in [1.82, 2.24) is 15.3 Å². The lowest BCUT2D eigenvalue weighted by molar-refractivity contribution is -0.145. The third-order valence-corrected chi connectivity index (χ3v) is 7.89. The number of carbonyl (C=O) groups is 2. The lowest BCUT2D eigenvalue weighted by Crippen LogP contribution is -2.43. The first kappa shape index (κ1) is 27.6. The Bertz CT molecular complexity index is 1330. The number of carbonyl (C=O) groups excluding carboxylic acids is 2. The number of fused-ring (bicyclic) bond motifs is 1. The SMILES string of the molecule is CCOC(=O)C(Cc1ccccc1)NC(=O)OCCSc1cccc(CSc2nc3ccccc3[nH]2)c1C. The second kappa shape index (κ2) is 13.9. The highest BCUT2D eigenvalue weighted by atomic mass is 32.2. The molecule has 0 aliphatic rings. The monoisotopic (exact) mass is 549 g/mol. The summed E-state index contributed by atoms with van der Waals surface area (Å²) in [4.78, 5) is 33.9. The Balaban J connectivity index is 1.25. The van der Waals surface area contributed by atoms with Crippen LogP contribution >= 0.6 is 23.5 Å². The number of amides is 1. The Labute approximate surface area is 231 Å². The van der Waals surface area contributed by atoms with Gasteiger partial charge in [-0.05, 0) is 48.7 Å². The molecule has 7 nitrogen and oxygen atoms in total. The van der Waals surface area contributed by atoms with Crippen LogP contribution in [-0.2, 0) is 26.4 Å². The van der Waals surface area contributed by atoms with Gasteiger partial charge < -0.3 is 19.8 Å². The minimum atomic E-state index is -0.805. The highest BCUT2D eigenvalue weighted by Gasteiger charge is 2.23. The molecule has 1 aromatic heterocycles. The number of nitrogens with zero attached hydrogens (tertiary/aromatic N) is 1. The van der Waals surface area contributed by atoms with Crippen molar-refractivity contribution in [3.8, 4) is 0 Å². The zero-order valence-electron chi connectivity index (χ0n) is 21.4. The van der Waals surface area contributed by atoms with E-state index in [0.29, 0.717) is 12.2 Å². The summed E-state index contributed by atoms with van der Waals surface area (Å²) in [6.45, 7) is 4.31. The molecule has 0 bridgehead atoms. The number of H-pyrrole nitrogens is 1. The smallest absolute Gasteiger partial charge is 0.407 e. The van der Waals surface area contributed by atoms with Gasteiger partial charge in [0.15, 0.2) is 5.16 Å². The van der Waals surface area contributed by atoms with Gasteiger partial charge in [-0.3, -0.25) is 0 Å². The number of esters is 1. The van der Waals surface area contributed by atoms with Crippen LogP contribution in [0, 0.1) is 6.92 Å². The van der Waals surface area contributed by atoms with Gasteiger partial charge in [-0.2, -0.15) is 0 Å². The van der Waals surface area contributed by atoms with Gasteiger partial charge in [0.2, 0.25) is 0 Å². The summed E-state index contributed by atoms with van der Waals surface area (Å²) in [5, 5.41) is 3.55. The Kier molecular flexibility index (Phi) is 10.1. The molecule has 0 saturated carbocycles. The fourth-order valence-electron chi connectivity index (χ4n) is 3.87. The molecule has 198 valence electrons. The van der Waals surface area contributed by atoms with Gasteiger partial charge >= 0.3 is 12.1 Å². The number of aromatic amines is 1. The van der Waals surface area contributed by atoms with Crippen LogP contribution in [0.5, 0.6) is 0 Å². The van der Waals surface area contributed by atoms with Gasteiger partial charge in [0.25, 0.3) is 0 Å². The molecule has 0 fully saturated rings. The first-order valence-electron chi connectivity index (χ1n) is 12.5. The largest absolute Gasteiger partial charge is 0.464 e. The highest BCUT2D eigenvalue weighted by molar-refractivity contribution is 7.99. The number of nitrogens with one attached hydrogen (secondary N) is 2. The molecule has 0 radical (unpaired) electrons. The van der Waals surface area contributed by atoms with Crippen molar-refractivity contribution >= 4 is 46.6 Å². The molecule has 2 N–H and O–H groups in total. The van der Waals surface area contributed by atoms with Gasteiger partial charge in [0, 0.05) is 22.8 Å². The maximum atomic E-state index is 12.4. The van der Waals surface area contributed by atoms with Crippen LogP contribution in [0.3, 0.4) is 0 Å². The van der Waals surface area contributed by atoms with Crippen LogP contribution < -0.4 is 5.32 Å². The highest BCUT2D eigenvalue weighted by Crippen LogP contribution is 2.29. The molecule has 0 saturated heterocycles. The number of imidazole rings is 1. The first-order valence-corrected chi connectivity index (χ1v) is 14.4. The Morgan fingerprint density at radius 2 is 1.76 bits per heavy atom. The fourth-order valence-corrected chi connectivity index (χ4v) is 5.73. The first-order chi connectivity index (χ1) is 18.5. The molecule has 1 unspecified atom stereocenters. The molecule has 0 aliphatic carbocycles. The molecule has 9 heteroatoms. The van der Waals surface area contributed by atoms with Crippen LogP contribution in [0.4, 0.5) is 4.79 Å². The summed E-state index contributed by atoms with van der Waals surface area (Å²) in [7, 11) is 0. The summed E-state index contributed by atoms with van der Waals surface area (Å²) in [5.41, 5.74) is 5.37. The van der Waals surface area contributed by atoms with Crippen molar-refractivity contribution in [2.75, 3.05) is 19.0 Å². The van der Waals surface area contributed by atoms with E-state index >= 15 is 0 Å². The Morgan fingerprint density at radius 1 is 0.974 bits per heavy atom. The van der Waals surface area contributed by atoms with Crippen molar-refractivity contribution < 1.29 is 19.1 Å².